The molecule has 3 aromatic rings. The third-order valence-electron chi connectivity index (χ3n) is 2.81. The average molecular weight is 347 g/mol. The second-order valence-electron chi connectivity index (χ2n) is 4.26. The summed E-state index contributed by atoms with van der Waals surface area (Å²) in [6.45, 7) is 0. The second kappa shape index (κ2) is 5.81. The molecule has 0 bridgehead atoms. The molecule has 0 N–H and O–H groups in total. The Morgan fingerprint density at radius 1 is 1.15 bits per heavy atom. The fourth-order valence-electron chi connectivity index (χ4n) is 1.89. The van der Waals surface area contributed by atoms with Crippen molar-refractivity contribution in [1.82, 2.24) is 9.38 Å². The standard InChI is InChI=1S/C15H11BrN2OS/c16-11-4-3-5-13(8-11)20-10-12-9-15(19)18-7-2-1-6-14(18)17-12/h1-9H,10H2. The lowest BCUT2D eigenvalue weighted by molar-refractivity contribution is 1.01. The van der Waals surface area contributed by atoms with E-state index in [1.54, 1.807) is 28.4 Å². The molecule has 0 atom stereocenters. The summed E-state index contributed by atoms with van der Waals surface area (Å²) in [6.07, 6.45) is 1.73. The van der Waals surface area contributed by atoms with Gasteiger partial charge in [0, 0.05) is 27.4 Å². The summed E-state index contributed by atoms with van der Waals surface area (Å²) in [5, 5.41) is 0. The molecule has 3 rings (SSSR count). The van der Waals surface area contributed by atoms with Crippen LogP contribution in [0.4, 0.5) is 0 Å². The van der Waals surface area contributed by atoms with Gasteiger partial charge in [-0.05, 0) is 30.3 Å². The Bertz CT molecular complexity index is 816. The molecule has 20 heavy (non-hydrogen) atoms. The number of thioether (sulfide) groups is 1. The van der Waals surface area contributed by atoms with Crippen molar-refractivity contribution in [2.75, 3.05) is 0 Å². The first-order chi connectivity index (χ1) is 9.72. The van der Waals surface area contributed by atoms with E-state index >= 15 is 0 Å². The van der Waals surface area contributed by atoms with Gasteiger partial charge in [-0.3, -0.25) is 9.20 Å². The normalized spacial score (nSPS) is 10.8. The zero-order chi connectivity index (χ0) is 13.9. The second-order valence-corrected chi connectivity index (χ2v) is 6.23. The Morgan fingerprint density at radius 2 is 2.05 bits per heavy atom. The third-order valence-corrected chi connectivity index (χ3v) is 4.33. The number of hydrogen-bond donors (Lipinski definition) is 0. The highest BCUT2D eigenvalue weighted by Crippen LogP contribution is 2.24. The van der Waals surface area contributed by atoms with Crippen molar-refractivity contribution in [3.05, 3.63) is 75.2 Å². The third kappa shape index (κ3) is 2.94. The van der Waals surface area contributed by atoms with E-state index in [1.165, 1.54) is 0 Å². The van der Waals surface area contributed by atoms with Crippen molar-refractivity contribution >= 4 is 33.3 Å². The predicted molar refractivity (Wildman–Crippen MR) is 85.2 cm³/mol. The molecule has 100 valence electrons. The molecule has 1 aromatic carbocycles. The fraction of sp³-hybridized carbons (Fsp3) is 0.0667. The topological polar surface area (TPSA) is 34.4 Å². The molecule has 0 aliphatic heterocycles. The summed E-state index contributed by atoms with van der Waals surface area (Å²) in [7, 11) is 0. The van der Waals surface area contributed by atoms with Crippen molar-refractivity contribution in [2.24, 2.45) is 0 Å². The van der Waals surface area contributed by atoms with Crippen molar-refractivity contribution < 1.29 is 0 Å². The van der Waals surface area contributed by atoms with Gasteiger partial charge in [0.25, 0.3) is 5.56 Å². The van der Waals surface area contributed by atoms with Crippen molar-refractivity contribution in [3.8, 4) is 0 Å². The van der Waals surface area contributed by atoms with Crippen LogP contribution in [0.15, 0.2) is 68.9 Å². The van der Waals surface area contributed by atoms with Crippen molar-refractivity contribution in [2.45, 2.75) is 10.6 Å². The van der Waals surface area contributed by atoms with Crippen LogP contribution < -0.4 is 5.56 Å². The predicted octanol–water partition coefficient (Wildman–Crippen LogP) is 3.75. The molecule has 0 saturated heterocycles. The highest BCUT2D eigenvalue weighted by Gasteiger charge is 2.03. The SMILES string of the molecule is O=c1cc(CSc2cccc(Br)c2)nc2ccccn12. The smallest absolute Gasteiger partial charge is 0.258 e. The van der Waals surface area contributed by atoms with Crippen LogP contribution in [-0.2, 0) is 5.75 Å². The number of rotatable bonds is 3. The zero-order valence-electron chi connectivity index (χ0n) is 10.5. The van der Waals surface area contributed by atoms with Gasteiger partial charge in [-0.1, -0.05) is 28.1 Å². The summed E-state index contributed by atoms with van der Waals surface area (Å²) >= 11 is 5.11. The highest BCUT2D eigenvalue weighted by molar-refractivity contribution is 9.10. The maximum Gasteiger partial charge on any atom is 0.258 e. The molecule has 0 unspecified atom stereocenters. The van der Waals surface area contributed by atoms with Gasteiger partial charge in [0.1, 0.15) is 5.65 Å². The number of halogens is 1. The van der Waals surface area contributed by atoms with E-state index in [0.717, 1.165) is 15.1 Å². The number of benzene rings is 1. The lowest BCUT2D eigenvalue weighted by Crippen LogP contribution is -2.14. The Morgan fingerprint density at radius 3 is 2.90 bits per heavy atom. The Kier molecular flexibility index (Phi) is 3.89. The van der Waals surface area contributed by atoms with Crippen LogP contribution >= 0.6 is 27.7 Å². The molecule has 2 aromatic heterocycles. The van der Waals surface area contributed by atoms with Crippen LogP contribution in [0.2, 0.25) is 0 Å². The first-order valence-electron chi connectivity index (χ1n) is 6.08. The van der Waals surface area contributed by atoms with Crippen LogP contribution in [0.1, 0.15) is 5.69 Å². The van der Waals surface area contributed by atoms with Crippen LogP contribution in [0.25, 0.3) is 5.65 Å². The number of hydrogen-bond acceptors (Lipinski definition) is 3. The Balaban J connectivity index is 1.86. The zero-order valence-corrected chi connectivity index (χ0v) is 12.9. The van der Waals surface area contributed by atoms with E-state index < -0.39 is 0 Å². The molecule has 0 amide bonds. The van der Waals surface area contributed by atoms with Gasteiger partial charge in [0.05, 0.1) is 5.69 Å². The van der Waals surface area contributed by atoms with Crippen LogP contribution in [0.3, 0.4) is 0 Å². The Labute approximate surface area is 128 Å². The summed E-state index contributed by atoms with van der Waals surface area (Å²) in [5.74, 6) is 0.678. The van der Waals surface area contributed by atoms with Gasteiger partial charge in [0.15, 0.2) is 0 Å². The molecular weight excluding hydrogens is 336 g/mol. The summed E-state index contributed by atoms with van der Waals surface area (Å²) in [5.41, 5.74) is 1.44. The van der Waals surface area contributed by atoms with Crippen molar-refractivity contribution in [1.29, 1.82) is 0 Å². The molecule has 0 fully saturated rings. The van der Waals surface area contributed by atoms with Gasteiger partial charge in [-0.2, -0.15) is 0 Å². The van der Waals surface area contributed by atoms with E-state index in [0.29, 0.717) is 11.4 Å². The highest BCUT2D eigenvalue weighted by atomic mass is 79.9. The summed E-state index contributed by atoms with van der Waals surface area (Å²) in [4.78, 5) is 17.6. The first kappa shape index (κ1) is 13.4. The molecule has 2 heterocycles. The van der Waals surface area contributed by atoms with Gasteiger partial charge >= 0.3 is 0 Å². The minimum Gasteiger partial charge on any atom is -0.269 e. The number of pyridine rings is 1. The molecule has 0 aliphatic rings. The number of fused-ring (bicyclic) bond motifs is 1. The molecule has 0 saturated carbocycles. The number of aromatic nitrogens is 2. The van der Waals surface area contributed by atoms with Crippen LogP contribution in [0.5, 0.6) is 0 Å². The molecule has 5 heteroatoms. The molecule has 0 radical (unpaired) electrons. The van der Waals surface area contributed by atoms with E-state index in [-0.39, 0.29) is 5.56 Å². The first-order valence-corrected chi connectivity index (χ1v) is 7.86. The van der Waals surface area contributed by atoms with Crippen molar-refractivity contribution in [3.63, 3.8) is 0 Å². The van der Waals surface area contributed by atoms with Crippen LogP contribution in [-0.4, -0.2) is 9.38 Å². The maximum atomic E-state index is 12.0. The van der Waals surface area contributed by atoms with Gasteiger partial charge in [0.2, 0.25) is 0 Å². The Hall–Kier alpha value is -1.59. The van der Waals surface area contributed by atoms with E-state index in [2.05, 4.69) is 27.0 Å². The summed E-state index contributed by atoms with van der Waals surface area (Å²) < 4.78 is 2.60. The monoisotopic (exact) mass is 346 g/mol. The minimum absolute atomic E-state index is 0.0413. The molecule has 0 spiro atoms. The fourth-order valence-corrected chi connectivity index (χ4v) is 3.29. The van der Waals surface area contributed by atoms with Gasteiger partial charge in [-0.25, -0.2) is 4.98 Å². The molecule has 0 aliphatic carbocycles. The minimum atomic E-state index is -0.0413. The summed E-state index contributed by atoms with van der Waals surface area (Å²) in [6, 6.07) is 15.2. The lowest BCUT2D eigenvalue weighted by Gasteiger charge is -2.04. The van der Waals surface area contributed by atoms with Gasteiger partial charge in [-0.15, -0.1) is 11.8 Å². The van der Waals surface area contributed by atoms with Crippen LogP contribution in [0, 0.1) is 0 Å². The number of nitrogens with zero attached hydrogens (tertiary/aromatic N) is 2. The van der Waals surface area contributed by atoms with E-state index in [9.17, 15) is 4.79 Å². The van der Waals surface area contributed by atoms with E-state index in [1.807, 2.05) is 36.4 Å². The lowest BCUT2D eigenvalue weighted by atomic mass is 10.4. The largest absolute Gasteiger partial charge is 0.269 e. The van der Waals surface area contributed by atoms with E-state index in [4.69, 9.17) is 0 Å². The van der Waals surface area contributed by atoms with Gasteiger partial charge < -0.3 is 0 Å². The molecular formula is C15H11BrN2OS. The quantitative estimate of drug-likeness (QED) is 0.677. The molecule has 3 nitrogen and oxygen atoms in total. The maximum absolute atomic E-state index is 12.0. The average Bonchev–Trinajstić information content (AvgIpc) is 2.45.